The van der Waals surface area contributed by atoms with Crippen molar-refractivity contribution in [3.8, 4) is 0 Å². The number of benzene rings is 1. The van der Waals surface area contributed by atoms with Crippen molar-refractivity contribution in [2.75, 3.05) is 48.4 Å². The van der Waals surface area contributed by atoms with Crippen molar-refractivity contribution in [3.63, 3.8) is 0 Å². The zero-order chi connectivity index (χ0) is 29.2. The quantitative estimate of drug-likeness (QED) is 0.483. The van der Waals surface area contributed by atoms with Gasteiger partial charge in [0.15, 0.2) is 5.82 Å². The fourth-order valence-corrected chi connectivity index (χ4v) is 5.40. The second-order valence-electron chi connectivity index (χ2n) is 10.9. The van der Waals surface area contributed by atoms with Gasteiger partial charge in [0.05, 0.1) is 11.4 Å². The maximum atomic E-state index is 14.5. The van der Waals surface area contributed by atoms with E-state index < -0.39 is 29.5 Å². The summed E-state index contributed by atoms with van der Waals surface area (Å²) in [5.74, 6) is 0.00564. The molecule has 14 heteroatoms. The fourth-order valence-electron chi connectivity index (χ4n) is 4.92. The third-order valence-electron chi connectivity index (χ3n) is 6.74. The Morgan fingerprint density at radius 3 is 2.52 bits per heavy atom. The molecule has 1 aromatic heterocycles. The predicted octanol–water partition coefficient (Wildman–Crippen LogP) is 4.87. The van der Waals surface area contributed by atoms with Crippen LogP contribution < -0.4 is 21.1 Å². The Labute approximate surface area is 238 Å². The van der Waals surface area contributed by atoms with E-state index >= 15 is 0 Å². The first kappa shape index (κ1) is 30.1. The van der Waals surface area contributed by atoms with Crippen LogP contribution in [0.1, 0.15) is 33.6 Å². The molecule has 0 saturated carbocycles. The molecule has 220 valence electrons. The van der Waals surface area contributed by atoms with Crippen molar-refractivity contribution in [1.29, 1.82) is 0 Å². The number of carbonyl (C=O) groups is 1. The average Bonchev–Trinajstić information content (AvgIpc) is 2.86. The summed E-state index contributed by atoms with van der Waals surface area (Å²) < 4.78 is 55.9. The first-order valence-corrected chi connectivity index (χ1v) is 13.8. The van der Waals surface area contributed by atoms with Crippen molar-refractivity contribution >= 4 is 44.9 Å². The second-order valence-corrected chi connectivity index (χ2v) is 11.7. The van der Waals surface area contributed by atoms with E-state index in [0.717, 1.165) is 0 Å². The number of rotatable bonds is 5. The lowest BCUT2D eigenvalue weighted by atomic mass is 10.0. The molecule has 4 rings (SSSR count). The monoisotopic (exact) mass is 630 g/mol. The number of halogens is 4. The van der Waals surface area contributed by atoms with Gasteiger partial charge in [0.1, 0.15) is 16.2 Å². The number of aromatic nitrogens is 2. The van der Waals surface area contributed by atoms with Gasteiger partial charge in [-0.05, 0) is 67.7 Å². The van der Waals surface area contributed by atoms with Crippen LogP contribution in [0, 0.1) is 0 Å². The maximum Gasteiger partial charge on any atom is 0.412 e. The molecule has 0 bridgehead atoms. The predicted molar refractivity (Wildman–Crippen MR) is 149 cm³/mol. The highest BCUT2D eigenvalue weighted by atomic mass is 79.9. The molecular formula is C26H34BrF3N6O4. The van der Waals surface area contributed by atoms with Gasteiger partial charge in [-0.3, -0.25) is 15.0 Å². The SMILES string of the molecule is Cn1cc(Br)nc(Nc2ccc(N3CCN(C4CCOCC4)CC3C(F)(F)F)c(NC(=O)OC(C)(C)C)c2)c1=O. The molecule has 10 nitrogen and oxygen atoms in total. The number of piperazine rings is 1. The van der Waals surface area contributed by atoms with E-state index in [1.54, 1.807) is 33.9 Å². The summed E-state index contributed by atoms with van der Waals surface area (Å²) in [6, 6.07) is 2.77. The summed E-state index contributed by atoms with van der Waals surface area (Å²) in [5.41, 5.74) is -0.575. The summed E-state index contributed by atoms with van der Waals surface area (Å²) in [7, 11) is 1.57. The van der Waals surface area contributed by atoms with E-state index in [1.165, 1.54) is 27.8 Å². The molecule has 2 aromatic rings. The van der Waals surface area contributed by atoms with E-state index in [1.807, 2.05) is 4.90 Å². The molecule has 1 amide bonds. The van der Waals surface area contributed by atoms with Crippen LogP contribution in [0.25, 0.3) is 0 Å². The summed E-state index contributed by atoms with van der Waals surface area (Å²) >= 11 is 3.25. The minimum Gasteiger partial charge on any atom is -0.444 e. The Hall–Kier alpha value is -2.84. The van der Waals surface area contributed by atoms with E-state index in [2.05, 4.69) is 31.5 Å². The van der Waals surface area contributed by atoms with Gasteiger partial charge >= 0.3 is 12.3 Å². The minimum atomic E-state index is -4.52. The normalized spacial score (nSPS) is 19.4. The minimum absolute atomic E-state index is 0.00564. The smallest absolute Gasteiger partial charge is 0.412 e. The number of aryl methyl sites for hydroxylation is 1. The number of alkyl halides is 3. The lowest BCUT2D eigenvalue weighted by Crippen LogP contribution is -2.61. The molecule has 40 heavy (non-hydrogen) atoms. The standard InChI is InChI=1S/C26H34BrF3N6O4/c1-25(2,3)40-24(38)32-18-13-16(31-22-23(37)34(4)15-21(27)33-22)5-6-19(18)36-10-9-35(14-20(36)26(28,29)30)17-7-11-39-12-8-17/h5-6,13,15,17,20H,7-12,14H2,1-4H3,(H,31,33)(H,32,38). The molecule has 2 N–H and O–H groups in total. The lowest BCUT2D eigenvalue weighted by Gasteiger charge is -2.47. The van der Waals surface area contributed by atoms with Crippen molar-refractivity contribution in [2.45, 2.75) is 57.5 Å². The largest absolute Gasteiger partial charge is 0.444 e. The summed E-state index contributed by atoms with van der Waals surface area (Å²) in [6.45, 7) is 6.48. The van der Waals surface area contributed by atoms with Crippen molar-refractivity contribution in [2.24, 2.45) is 7.05 Å². The lowest BCUT2D eigenvalue weighted by molar-refractivity contribution is -0.159. The van der Waals surface area contributed by atoms with Gasteiger partial charge < -0.3 is 24.3 Å². The first-order chi connectivity index (χ1) is 18.7. The Morgan fingerprint density at radius 2 is 1.88 bits per heavy atom. The summed E-state index contributed by atoms with van der Waals surface area (Å²) in [5, 5.41) is 5.53. The Morgan fingerprint density at radius 1 is 1.18 bits per heavy atom. The molecule has 2 aliphatic rings. The van der Waals surface area contributed by atoms with E-state index in [0.29, 0.717) is 42.9 Å². The number of nitrogens with one attached hydrogen (secondary N) is 2. The molecular weight excluding hydrogens is 597 g/mol. The van der Waals surface area contributed by atoms with Gasteiger partial charge in [-0.25, -0.2) is 9.78 Å². The Bertz CT molecular complexity index is 1280. The van der Waals surface area contributed by atoms with Gasteiger partial charge in [-0.1, -0.05) is 0 Å². The van der Waals surface area contributed by atoms with Gasteiger partial charge in [-0.2, -0.15) is 13.2 Å². The molecule has 0 aliphatic carbocycles. The average molecular weight is 631 g/mol. The van der Waals surface area contributed by atoms with Crippen molar-refractivity contribution in [1.82, 2.24) is 14.5 Å². The molecule has 2 fully saturated rings. The summed E-state index contributed by atoms with van der Waals surface area (Å²) in [4.78, 5) is 32.6. The third-order valence-corrected chi connectivity index (χ3v) is 7.12. The highest BCUT2D eigenvalue weighted by Crippen LogP contribution is 2.38. The molecule has 3 heterocycles. The van der Waals surface area contributed by atoms with Crippen molar-refractivity contribution < 1.29 is 27.4 Å². The number of amides is 1. The first-order valence-electron chi connectivity index (χ1n) is 13.0. The molecule has 2 saturated heterocycles. The number of carbonyl (C=O) groups excluding carboxylic acids is 1. The molecule has 0 radical (unpaired) electrons. The topological polar surface area (TPSA) is 101 Å². The zero-order valence-corrected chi connectivity index (χ0v) is 24.4. The van der Waals surface area contributed by atoms with Crippen LogP contribution in [0.3, 0.4) is 0 Å². The van der Waals surface area contributed by atoms with Gasteiger partial charge in [0, 0.05) is 57.8 Å². The third kappa shape index (κ3) is 7.46. The molecule has 2 aliphatic heterocycles. The molecule has 1 unspecified atom stereocenters. The zero-order valence-electron chi connectivity index (χ0n) is 22.8. The number of hydrogen-bond acceptors (Lipinski definition) is 8. The van der Waals surface area contributed by atoms with Crippen LogP contribution >= 0.6 is 15.9 Å². The second kappa shape index (κ2) is 12.0. The highest BCUT2D eigenvalue weighted by Gasteiger charge is 2.48. The van der Waals surface area contributed by atoms with Crippen LogP contribution in [-0.2, 0) is 16.5 Å². The van der Waals surface area contributed by atoms with Crippen molar-refractivity contribution in [3.05, 3.63) is 39.4 Å². The van der Waals surface area contributed by atoms with Crippen LogP contribution in [0.5, 0.6) is 0 Å². The number of ether oxygens (including phenoxy) is 2. The molecule has 1 aromatic carbocycles. The number of anilines is 4. The van der Waals surface area contributed by atoms with Gasteiger partial charge in [0.2, 0.25) is 0 Å². The Balaban J connectivity index is 1.68. The highest BCUT2D eigenvalue weighted by molar-refractivity contribution is 9.10. The van der Waals surface area contributed by atoms with E-state index in [9.17, 15) is 22.8 Å². The number of nitrogens with zero attached hydrogens (tertiary/aromatic N) is 4. The van der Waals surface area contributed by atoms with Crippen LogP contribution in [-0.4, -0.2) is 77.3 Å². The number of hydrogen-bond donors (Lipinski definition) is 2. The Kier molecular flexibility index (Phi) is 9.00. The molecule has 1 atom stereocenters. The van der Waals surface area contributed by atoms with E-state index in [-0.39, 0.29) is 36.3 Å². The van der Waals surface area contributed by atoms with Gasteiger partial charge in [-0.15, -0.1) is 0 Å². The van der Waals surface area contributed by atoms with Crippen LogP contribution in [0.4, 0.5) is 40.8 Å². The van der Waals surface area contributed by atoms with Gasteiger partial charge in [0.25, 0.3) is 5.56 Å². The van der Waals surface area contributed by atoms with E-state index in [4.69, 9.17) is 9.47 Å². The maximum absolute atomic E-state index is 14.5. The fraction of sp³-hybridized carbons (Fsp3) is 0.577. The molecule has 0 spiro atoms. The van der Waals surface area contributed by atoms with Crippen LogP contribution in [0.15, 0.2) is 33.8 Å². The summed E-state index contributed by atoms with van der Waals surface area (Å²) in [6.07, 6.45) is -2.44. The van der Waals surface area contributed by atoms with Crippen LogP contribution in [0.2, 0.25) is 0 Å².